The molecule has 1 heterocycles. The lowest BCUT2D eigenvalue weighted by Crippen LogP contribution is -2.56. The molecule has 0 saturated heterocycles. The van der Waals surface area contributed by atoms with Crippen molar-refractivity contribution in [2.75, 3.05) is 0 Å². The minimum Gasteiger partial charge on any atom is -0.362 e. The summed E-state index contributed by atoms with van der Waals surface area (Å²) in [6.07, 6.45) is -1.40. The van der Waals surface area contributed by atoms with Gasteiger partial charge in [0.2, 0.25) is 0 Å². The quantitative estimate of drug-likeness (QED) is 0.799. The van der Waals surface area contributed by atoms with Gasteiger partial charge in [0.15, 0.2) is 0 Å². The van der Waals surface area contributed by atoms with Crippen LogP contribution in [0.5, 0.6) is 0 Å². The second kappa shape index (κ2) is 6.85. The Bertz CT molecular complexity index is 744. The number of hydrogen-bond donors (Lipinski definition) is 1. The van der Waals surface area contributed by atoms with E-state index < -0.39 is 24.2 Å². The van der Waals surface area contributed by atoms with Gasteiger partial charge < -0.3 is 5.11 Å². The summed E-state index contributed by atoms with van der Waals surface area (Å²) in [5, 5.41) is 14.8. The molecule has 1 fully saturated rings. The van der Waals surface area contributed by atoms with Crippen LogP contribution < -0.4 is 0 Å². The zero-order chi connectivity index (χ0) is 19.1. The van der Waals surface area contributed by atoms with Crippen molar-refractivity contribution < 1.29 is 23.1 Å². The van der Waals surface area contributed by atoms with Crippen LogP contribution in [0.1, 0.15) is 54.4 Å². The third-order valence-electron chi connectivity index (χ3n) is 5.15. The van der Waals surface area contributed by atoms with Gasteiger partial charge in [-0.25, -0.2) is 0 Å². The number of amides is 1. The minimum atomic E-state index is -5.02. The van der Waals surface area contributed by atoms with Crippen LogP contribution >= 0.6 is 11.6 Å². The lowest BCUT2D eigenvalue weighted by molar-refractivity contribution is -0.297. The molecule has 142 valence electrons. The molecular weight excluding hydrogens is 369 g/mol. The van der Waals surface area contributed by atoms with Gasteiger partial charge in [0.05, 0.1) is 0 Å². The summed E-state index contributed by atoms with van der Waals surface area (Å²) in [5.74, 6) is -1.14. The summed E-state index contributed by atoms with van der Waals surface area (Å²) < 4.78 is 40.8. The Labute approximate surface area is 154 Å². The second-order valence-corrected chi connectivity index (χ2v) is 7.41. The molecule has 1 amide bonds. The maximum atomic E-state index is 13.6. The molecule has 4 nitrogen and oxygen atoms in total. The fraction of sp³-hybridized carbons (Fsp3) is 0.556. The first-order chi connectivity index (χ1) is 12.1. The molecule has 0 spiro atoms. The summed E-state index contributed by atoms with van der Waals surface area (Å²) in [6, 6.07) is 4.22. The second-order valence-electron chi connectivity index (χ2n) is 7.00. The summed E-state index contributed by atoms with van der Waals surface area (Å²) >= 11 is 5.98. The lowest BCUT2D eigenvalue weighted by Gasteiger charge is -2.32. The fourth-order valence-corrected chi connectivity index (χ4v) is 3.70. The number of hydrogen-bond acceptors (Lipinski definition) is 3. The number of carbonyl (C=O) groups excluding carboxylic acids is 1. The highest BCUT2D eigenvalue weighted by Crippen LogP contribution is 2.43. The molecule has 3 rings (SSSR count). The van der Waals surface area contributed by atoms with Gasteiger partial charge in [-0.15, -0.1) is 0 Å². The van der Waals surface area contributed by atoms with Crippen molar-refractivity contribution in [1.82, 2.24) is 5.01 Å². The van der Waals surface area contributed by atoms with Crippen LogP contribution in [0.25, 0.3) is 0 Å². The Balaban J connectivity index is 1.97. The van der Waals surface area contributed by atoms with Gasteiger partial charge in [0, 0.05) is 22.7 Å². The monoisotopic (exact) mass is 388 g/mol. The van der Waals surface area contributed by atoms with Crippen molar-refractivity contribution in [2.24, 2.45) is 11.0 Å². The number of halogens is 4. The van der Waals surface area contributed by atoms with Crippen LogP contribution in [0.15, 0.2) is 23.3 Å². The molecule has 1 atom stereocenters. The molecule has 1 aromatic carbocycles. The van der Waals surface area contributed by atoms with Gasteiger partial charge in [-0.1, -0.05) is 36.9 Å². The highest BCUT2D eigenvalue weighted by Gasteiger charge is 2.63. The van der Waals surface area contributed by atoms with Gasteiger partial charge in [0.25, 0.3) is 11.6 Å². The third-order valence-corrected chi connectivity index (χ3v) is 5.56. The molecule has 1 aliphatic carbocycles. The van der Waals surface area contributed by atoms with Crippen LogP contribution in [0.3, 0.4) is 0 Å². The highest BCUT2D eigenvalue weighted by atomic mass is 35.5. The van der Waals surface area contributed by atoms with Gasteiger partial charge in [0.1, 0.15) is 0 Å². The van der Waals surface area contributed by atoms with Gasteiger partial charge in [-0.2, -0.15) is 23.3 Å². The predicted molar refractivity (Wildman–Crippen MR) is 92.0 cm³/mol. The molecule has 1 saturated carbocycles. The average molecular weight is 389 g/mol. The van der Waals surface area contributed by atoms with E-state index in [-0.39, 0.29) is 27.2 Å². The number of aliphatic hydroxyl groups is 1. The number of rotatable bonds is 2. The molecule has 1 aromatic rings. The molecule has 0 aromatic heterocycles. The Morgan fingerprint density at radius 1 is 1.31 bits per heavy atom. The summed E-state index contributed by atoms with van der Waals surface area (Å²) in [4.78, 5) is 12.7. The molecular formula is C18H20ClF3N2O2. The van der Waals surface area contributed by atoms with Gasteiger partial charge in [-0.3, -0.25) is 4.79 Å². The Hall–Kier alpha value is -1.60. The Morgan fingerprint density at radius 2 is 1.96 bits per heavy atom. The van der Waals surface area contributed by atoms with Crippen LogP contribution in [-0.4, -0.2) is 33.6 Å². The Kier molecular flexibility index (Phi) is 5.05. The lowest BCUT2D eigenvalue weighted by atomic mass is 9.83. The van der Waals surface area contributed by atoms with Crippen LogP contribution in [0, 0.1) is 12.8 Å². The maximum Gasteiger partial charge on any atom is 0.438 e. The number of nitrogens with zero attached hydrogens (tertiary/aromatic N) is 2. The van der Waals surface area contributed by atoms with E-state index in [9.17, 15) is 23.1 Å². The summed E-state index contributed by atoms with van der Waals surface area (Å²) in [6.45, 7) is 1.72. The maximum absolute atomic E-state index is 13.6. The van der Waals surface area contributed by atoms with E-state index in [1.807, 2.05) is 0 Å². The summed E-state index contributed by atoms with van der Waals surface area (Å²) in [5.41, 5.74) is -2.43. The van der Waals surface area contributed by atoms with Gasteiger partial charge >= 0.3 is 6.18 Å². The zero-order valence-corrected chi connectivity index (χ0v) is 15.1. The SMILES string of the molecule is Cc1ccc(C(=O)N2N=C(C3CCCCC3)C[C@]2(O)C(F)(F)F)cc1Cl. The molecule has 1 N–H and O–H groups in total. The molecule has 0 unspecified atom stereocenters. The van der Waals surface area contributed by atoms with Crippen LogP contribution in [-0.2, 0) is 0 Å². The summed E-state index contributed by atoms with van der Waals surface area (Å²) in [7, 11) is 0. The van der Waals surface area contributed by atoms with Crippen molar-refractivity contribution in [3.8, 4) is 0 Å². The van der Waals surface area contributed by atoms with E-state index in [4.69, 9.17) is 11.6 Å². The number of benzene rings is 1. The third kappa shape index (κ3) is 3.34. The standard InChI is InChI=1S/C18H20ClF3N2O2/c1-11-7-8-13(9-14(11)19)16(25)24-17(26,18(20,21)22)10-15(23-24)12-5-3-2-4-6-12/h7-9,12,26H,2-6,10H2,1H3/t17-/m0/s1. The predicted octanol–water partition coefficient (Wildman–Crippen LogP) is 4.68. The van der Waals surface area contributed by atoms with E-state index in [1.165, 1.54) is 12.1 Å². The van der Waals surface area contributed by atoms with Gasteiger partial charge in [-0.05, 0) is 43.4 Å². The van der Waals surface area contributed by atoms with E-state index in [2.05, 4.69) is 5.10 Å². The molecule has 0 radical (unpaired) electrons. The molecule has 26 heavy (non-hydrogen) atoms. The smallest absolute Gasteiger partial charge is 0.362 e. The van der Waals surface area contributed by atoms with Crippen molar-refractivity contribution >= 4 is 23.2 Å². The van der Waals surface area contributed by atoms with Crippen LogP contribution in [0.2, 0.25) is 5.02 Å². The number of aryl methyl sites for hydroxylation is 1. The van der Waals surface area contributed by atoms with E-state index in [0.29, 0.717) is 5.56 Å². The normalized spacial score (nSPS) is 24.7. The Morgan fingerprint density at radius 3 is 2.54 bits per heavy atom. The van der Waals surface area contributed by atoms with E-state index >= 15 is 0 Å². The first kappa shape index (κ1) is 19.2. The first-order valence-electron chi connectivity index (χ1n) is 8.60. The average Bonchev–Trinajstić information content (AvgIpc) is 2.96. The largest absolute Gasteiger partial charge is 0.438 e. The van der Waals surface area contributed by atoms with Crippen molar-refractivity contribution in [2.45, 2.75) is 57.3 Å². The van der Waals surface area contributed by atoms with E-state index in [1.54, 1.807) is 13.0 Å². The first-order valence-corrected chi connectivity index (χ1v) is 8.98. The topological polar surface area (TPSA) is 52.9 Å². The molecule has 1 aliphatic heterocycles. The highest BCUT2D eigenvalue weighted by molar-refractivity contribution is 6.31. The number of hydrazone groups is 1. The molecule has 8 heteroatoms. The fourth-order valence-electron chi connectivity index (χ4n) is 3.52. The van der Waals surface area contributed by atoms with E-state index in [0.717, 1.165) is 32.1 Å². The molecule has 0 bridgehead atoms. The van der Waals surface area contributed by atoms with Crippen molar-refractivity contribution in [3.63, 3.8) is 0 Å². The number of alkyl halides is 3. The minimum absolute atomic E-state index is 0.0445. The number of carbonyl (C=O) groups is 1. The molecule has 2 aliphatic rings. The van der Waals surface area contributed by atoms with Crippen LogP contribution in [0.4, 0.5) is 13.2 Å². The zero-order valence-electron chi connectivity index (χ0n) is 14.3. The van der Waals surface area contributed by atoms with Crippen molar-refractivity contribution in [3.05, 3.63) is 34.3 Å². The van der Waals surface area contributed by atoms with Crippen molar-refractivity contribution in [1.29, 1.82) is 0 Å².